The molecule has 58 heavy (non-hydrogen) atoms. The monoisotopic (exact) mass is 774 g/mol. The van der Waals surface area contributed by atoms with E-state index >= 15 is 0 Å². The lowest BCUT2D eigenvalue weighted by Crippen LogP contribution is -2.37. The number of hydrogen-bond donors (Lipinski definition) is 3. The number of primary amides is 1. The van der Waals surface area contributed by atoms with Gasteiger partial charge in [-0.05, 0) is 71.7 Å². The molecule has 6 aromatic rings. The van der Waals surface area contributed by atoms with Gasteiger partial charge in [-0.15, -0.1) is 0 Å². The van der Waals surface area contributed by atoms with Crippen LogP contribution in [0.25, 0.3) is 39.7 Å². The first-order chi connectivity index (χ1) is 28.2. The molecule has 0 radical (unpaired) electrons. The highest BCUT2D eigenvalue weighted by Crippen LogP contribution is 2.36. The number of aromatic amines is 2. The summed E-state index contributed by atoms with van der Waals surface area (Å²) in [5.74, 6) is 1.14. The quantitative estimate of drug-likeness (QED) is 0.113. The van der Waals surface area contributed by atoms with Crippen molar-refractivity contribution in [2.24, 2.45) is 5.73 Å². The number of carbonyl (C=O) groups is 3. The second-order valence-corrected chi connectivity index (χ2v) is 14.9. The molecule has 0 unspecified atom stereocenters. The number of amides is 3. The third kappa shape index (κ3) is 8.13. The molecule has 294 valence electrons. The number of nitrogens with zero attached hydrogens (tertiary/aromatic N) is 5. The van der Waals surface area contributed by atoms with Gasteiger partial charge in [0.1, 0.15) is 11.6 Å². The molecule has 2 aromatic heterocycles. The summed E-state index contributed by atoms with van der Waals surface area (Å²) in [5, 5.41) is 0. The lowest BCUT2D eigenvalue weighted by Gasteiger charge is -2.27. The maximum absolute atomic E-state index is 13.7. The van der Waals surface area contributed by atoms with E-state index in [2.05, 4.69) is 63.5 Å². The van der Waals surface area contributed by atoms with Crippen molar-refractivity contribution < 1.29 is 19.1 Å². The Balaban J connectivity index is 0.905. The van der Waals surface area contributed by atoms with Crippen molar-refractivity contribution in [2.45, 2.75) is 43.9 Å². The Hall–Kier alpha value is -6.95. The minimum atomic E-state index is -1.13. The molecule has 0 saturated carbocycles. The molecule has 2 aliphatic rings. The number of aromatic nitrogens is 4. The van der Waals surface area contributed by atoms with Crippen LogP contribution in [0, 0.1) is 0 Å². The molecule has 3 atom stereocenters. The minimum Gasteiger partial charge on any atom is -0.431 e. The van der Waals surface area contributed by atoms with Crippen molar-refractivity contribution in [3.63, 3.8) is 0 Å². The predicted octanol–water partition coefficient (Wildman–Crippen LogP) is 8.08. The number of rotatable bonds is 11. The van der Waals surface area contributed by atoms with Crippen molar-refractivity contribution in [3.8, 4) is 33.6 Å². The molecule has 8 rings (SSSR count). The zero-order valence-corrected chi connectivity index (χ0v) is 32.5. The van der Waals surface area contributed by atoms with Gasteiger partial charge in [0, 0.05) is 44.5 Å². The van der Waals surface area contributed by atoms with E-state index in [9.17, 15) is 14.4 Å². The van der Waals surface area contributed by atoms with Crippen molar-refractivity contribution in [3.05, 3.63) is 144 Å². The van der Waals surface area contributed by atoms with E-state index in [0.29, 0.717) is 24.5 Å². The fraction of sp³-hybridized carbons (Fsp3) is 0.239. The lowest BCUT2D eigenvalue weighted by molar-refractivity contribution is -0.141. The number of nitrogens with one attached hydrogen (secondary N) is 2. The van der Waals surface area contributed by atoms with Crippen LogP contribution in [0.15, 0.2) is 122 Å². The molecule has 2 fully saturated rings. The van der Waals surface area contributed by atoms with Gasteiger partial charge in [-0.1, -0.05) is 91.0 Å². The fourth-order valence-corrected chi connectivity index (χ4v) is 7.92. The summed E-state index contributed by atoms with van der Waals surface area (Å²) in [6.45, 7) is 1.22. The summed E-state index contributed by atoms with van der Waals surface area (Å²) in [6, 6.07) is 33.3. The summed E-state index contributed by atoms with van der Waals surface area (Å²) in [4.78, 5) is 60.7. The molecule has 2 saturated heterocycles. The Labute approximate surface area is 337 Å². The molecule has 12 heteroatoms. The third-order valence-electron chi connectivity index (χ3n) is 11.0. The highest BCUT2D eigenvalue weighted by molar-refractivity contribution is 5.92. The number of nitrogens with two attached hydrogens (primary N) is 1. The van der Waals surface area contributed by atoms with Crippen LogP contribution in [-0.2, 0) is 14.3 Å². The number of H-pyrrole nitrogens is 2. The summed E-state index contributed by atoms with van der Waals surface area (Å²) in [7, 11) is 4.01. The molecule has 4 N–H and O–H groups in total. The molecule has 4 heterocycles. The van der Waals surface area contributed by atoms with Gasteiger partial charge >= 0.3 is 6.09 Å². The highest BCUT2D eigenvalue weighted by Gasteiger charge is 2.38. The van der Waals surface area contributed by atoms with Gasteiger partial charge in [0.2, 0.25) is 12.0 Å². The van der Waals surface area contributed by atoms with Crippen molar-refractivity contribution >= 4 is 29.7 Å². The van der Waals surface area contributed by atoms with Gasteiger partial charge < -0.3 is 35.1 Å². The standard InChI is InChI=1S/C46H46N8O4/c1-52(2)36-23-12-30(13-24-36)14-25-41(55)53-26-6-10-39(53)43-48-28-37(50-43)33-19-15-31(16-20-33)32-17-21-34(22-18-32)38-29-49-44(51-38)40-11-7-27-54(40)45(56)42(58-46(47)57)35-8-4-3-5-9-35/h3-5,8-9,12-25,28-29,39-40,42H,6-7,10-11,26-27H2,1-2H3,(H2,47,57)(H,48,50)(H,49,51)/b25-14+/t39-,40-,42+/m0/s1. The first-order valence-corrected chi connectivity index (χ1v) is 19.6. The fourth-order valence-electron chi connectivity index (χ4n) is 7.92. The van der Waals surface area contributed by atoms with E-state index < -0.39 is 12.2 Å². The lowest BCUT2D eigenvalue weighted by atomic mass is 10.0. The molecular weight excluding hydrogens is 729 g/mol. The third-order valence-corrected chi connectivity index (χ3v) is 11.0. The van der Waals surface area contributed by atoms with Gasteiger partial charge in [0.15, 0.2) is 0 Å². The first-order valence-electron chi connectivity index (χ1n) is 19.6. The van der Waals surface area contributed by atoms with E-state index in [0.717, 1.165) is 76.4 Å². The van der Waals surface area contributed by atoms with Gasteiger partial charge in [-0.3, -0.25) is 9.59 Å². The van der Waals surface area contributed by atoms with E-state index in [1.54, 1.807) is 41.4 Å². The van der Waals surface area contributed by atoms with Crippen LogP contribution in [0.2, 0.25) is 0 Å². The van der Waals surface area contributed by atoms with Crippen molar-refractivity contribution in [1.29, 1.82) is 0 Å². The molecule has 0 aliphatic carbocycles. The first kappa shape index (κ1) is 37.9. The number of likely N-dealkylation sites (tertiary alicyclic amines) is 2. The number of carbonyl (C=O) groups excluding carboxylic acids is 3. The Bertz CT molecular complexity index is 2400. The minimum absolute atomic E-state index is 0.0149. The molecule has 12 nitrogen and oxygen atoms in total. The molecule has 0 bridgehead atoms. The largest absolute Gasteiger partial charge is 0.431 e. The Kier molecular flexibility index (Phi) is 10.9. The summed E-state index contributed by atoms with van der Waals surface area (Å²) < 4.78 is 5.30. The number of benzene rings is 4. The van der Waals surface area contributed by atoms with E-state index in [1.807, 2.05) is 66.5 Å². The second kappa shape index (κ2) is 16.6. The van der Waals surface area contributed by atoms with Crippen LogP contribution < -0.4 is 10.6 Å². The molecular formula is C46H46N8O4. The summed E-state index contributed by atoms with van der Waals surface area (Å²) in [5.41, 5.74) is 13.9. The van der Waals surface area contributed by atoms with E-state index in [-0.39, 0.29) is 23.9 Å². The van der Waals surface area contributed by atoms with E-state index in [4.69, 9.17) is 15.5 Å². The van der Waals surface area contributed by atoms with Gasteiger partial charge in [0.05, 0.1) is 35.9 Å². The van der Waals surface area contributed by atoms with E-state index in [1.165, 1.54) is 0 Å². The predicted molar refractivity (Wildman–Crippen MR) is 224 cm³/mol. The number of imidazole rings is 2. The van der Waals surface area contributed by atoms with Crippen LogP contribution in [0.3, 0.4) is 0 Å². The smallest absolute Gasteiger partial charge is 0.405 e. The Morgan fingerprint density at radius 2 is 1.24 bits per heavy atom. The maximum Gasteiger partial charge on any atom is 0.405 e. The number of anilines is 1. The molecule has 3 amide bonds. The topological polar surface area (TPSA) is 154 Å². The zero-order chi connectivity index (χ0) is 40.2. The maximum atomic E-state index is 13.7. The second-order valence-electron chi connectivity index (χ2n) is 14.9. The highest BCUT2D eigenvalue weighted by atomic mass is 16.6. The molecule has 0 spiro atoms. The molecule has 2 aliphatic heterocycles. The van der Waals surface area contributed by atoms with Crippen molar-refractivity contribution in [1.82, 2.24) is 29.7 Å². The zero-order valence-electron chi connectivity index (χ0n) is 32.5. The Morgan fingerprint density at radius 3 is 1.78 bits per heavy atom. The summed E-state index contributed by atoms with van der Waals surface area (Å²) >= 11 is 0. The SMILES string of the molecule is CN(C)c1ccc(/C=C/C(=O)N2CCC[C@H]2c2ncc(-c3ccc(-c4ccc(-c5cnc([C@@H]6CCCN6C(=O)[C@H](OC(N)=O)c6ccccc6)[nH]5)cc4)cc3)[nH]2)cc1. The van der Waals surface area contributed by atoms with Crippen LogP contribution >= 0.6 is 0 Å². The van der Waals surface area contributed by atoms with Gasteiger partial charge in [-0.25, -0.2) is 14.8 Å². The Morgan fingerprint density at radius 1 is 0.724 bits per heavy atom. The summed E-state index contributed by atoms with van der Waals surface area (Å²) in [6.07, 6.45) is 8.36. The normalized spacial score (nSPS) is 17.1. The average molecular weight is 775 g/mol. The van der Waals surface area contributed by atoms with Crippen LogP contribution in [-0.4, -0.2) is 74.8 Å². The van der Waals surface area contributed by atoms with Gasteiger partial charge in [0.25, 0.3) is 5.91 Å². The average Bonchev–Trinajstić information content (AvgIpc) is 4.10. The van der Waals surface area contributed by atoms with Gasteiger partial charge in [-0.2, -0.15) is 0 Å². The van der Waals surface area contributed by atoms with Crippen LogP contribution in [0.1, 0.15) is 66.6 Å². The number of ether oxygens (including phenoxy) is 1. The number of hydrogen-bond acceptors (Lipinski definition) is 7. The molecule has 4 aromatic carbocycles. The van der Waals surface area contributed by atoms with Crippen molar-refractivity contribution in [2.75, 3.05) is 32.1 Å². The van der Waals surface area contributed by atoms with Crippen LogP contribution in [0.4, 0.5) is 10.5 Å². The van der Waals surface area contributed by atoms with Crippen LogP contribution in [0.5, 0.6) is 0 Å².